The second-order valence-electron chi connectivity index (χ2n) is 10.1. The SMILES string of the molecule is COc1ccc(CCNC(=O)CC2CN(C(=O)OCc3ccccc3)CCN2c2cc(Cl)nc(-n3ccnc3)n2)cc1OC. The van der Waals surface area contributed by atoms with Gasteiger partial charge < -0.3 is 29.3 Å². The van der Waals surface area contributed by atoms with E-state index in [4.69, 9.17) is 30.8 Å². The quantitative estimate of drug-likeness (QED) is 0.249. The zero-order valence-corrected chi connectivity index (χ0v) is 25.3. The van der Waals surface area contributed by atoms with Gasteiger partial charge in [0.2, 0.25) is 11.9 Å². The summed E-state index contributed by atoms with van der Waals surface area (Å²) in [6, 6.07) is 16.4. The van der Waals surface area contributed by atoms with Crippen LogP contribution in [0, 0.1) is 0 Å². The number of piperazine rings is 1. The van der Waals surface area contributed by atoms with E-state index in [0.29, 0.717) is 49.3 Å². The van der Waals surface area contributed by atoms with Crippen LogP contribution in [-0.2, 0) is 22.6 Å². The van der Waals surface area contributed by atoms with Crippen molar-refractivity contribution < 1.29 is 23.8 Å². The maximum atomic E-state index is 13.2. The number of rotatable bonds is 11. The molecule has 1 unspecified atom stereocenters. The number of hydrogen-bond acceptors (Lipinski definition) is 9. The van der Waals surface area contributed by atoms with Gasteiger partial charge in [0.15, 0.2) is 11.5 Å². The average Bonchev–Trinajstić information content (AvgIpc) is 3.59. The molecular formula is C31H34ClN7O5. The third kappa shape index (κ3) is 7.75. The molecule has 2 amide bonds. The van der Waals surface area contributed by atoms with Crippen LogP contribution in [-0.4, -0.2) is 82.9 Å². The number of carbonyl (C=O) groups excluding carboxylic acids is 2. The smallest absolute Gasteiger partial charge is 0.410 e. The largest absolute Gasteiger partial charge is 0.493 e. The molecule has 0 saturated carbocycles. The highest BCUT2D eigenvalue weighted by atomic mass is 35.5. The number of hydrogen-bond donors (Lipinski definition) is 1. The molecule has 12 nitrogen and oxygen atoms in total. The lowest BCUT2D eigenvalue weighted by molar-refractivity contribution is -0.121. The number of nitrogens with zero attached hydrogens (tertiary/aromatic N) is 6. The Morgan fingerprint density at radius 1 is 1.00 bits per heavy atom. The molecule has 1 aliphatic heterocycles. The Morgan fingerprint density at radius 3 is 2.57 bits per heavy atom. The van der Waals surface area contributed by atoms with Crippen LogP contribution in [0.5, 0.6) is 11.5 Å². The third-order valence-corrected chi connectivity index (χ3v) is 7.44. The number of nitrogens with one attached hydrogen (secondary N) is 1. The topological polar surface area (TPSA) is 124 Å². The Bertz CT molecular complexity index is 1550. The van der Waals surface area contributed by atoms with E-state index in [1.165, 1.54) is 0 Å². The maximum absolute atomic E-state index is 13.2. The highest BCUT2D eigenvalue weighted by Gasteiger charge is 2.33. The van der Waals surface area contributed by atoms with Gasteiger partial charge in [-0.3, -0.25) is 9.36 Å². The van der Waals surface area contributed by atoms with Crippen LogP contribution in [0.15, 0.2) is 73.3 Å². The molecule has 44 heavy (non-hydrogen) atoms. The number of benzene rings is 2. The van der Waals surface area contributed by atoms with E-state index in [2.05, 4.69) is 15.3 Å². The monoisotopic (exact) mass is 619 g/mol. The molecule has 1 atom stereocenters. The summed E-state index contributed by atoms with van der Waals surface area (Å²) < 4.78 is 17.9. The first-order chi connectivity index (χ1) is 21.4. The zero-order chi connectivity index (χ0) is 30.9. The third-order valence-electron chi connectivity index (χ3n) is 7.25. The summed E-state index contributed by atoms with van der Waals surface area (Å²) in [6.45, 7) is 1.65. The molecule has 0 spiro atoms. The molecule has 1 aliphatic rings. The molecule has 1 fully saturated rings. The van der Waals surface area contributed by atoms with E-state index in [-0.39, 0.29) is 30.6 Å². The Morgan fingerprint density at radius 2 is 1.82 bits per heavy atom. The van der Waals surface area contributed by atoms with Crippen LogP contribution in [0.25, 0.3) is 5.95 Å². The molecule has 230 valence electrons. The molecule has 13 heteroatoms. The van der Waals surface area contributed by atoms with Crippen LogP contribution in [0.4, 0.5) is 10.6 Å². The van der Waals surface area contributed by atoms with Crippen molar-refractivity contribution in [1.82, 2.24) is 29.7 Å². The molecule has 2 aromatic carbocycles. The van der Waals surface area contributed by atoms with E-state index in [1.807, 2.05) is 53.4 Å². The summed E-state index contributed by atoms with van der Waals surface area (Å²) in [6.07, 6.45) is 5.22. The first-order valence-corrected chi connectivity index (χ1v) is 14.5. The van der Waals surface area contributed by atoms with Gasteiger partial charge in [-0.05, 0) is 29.7 Å². The van der Waals surface area contributed by atoms with Crippen molar-refractivity contribution in [2.24, 2.45) is 0 Å². The Balaban J connectivity index is 1.28. The summed E-state index contributed by atoms with van der Waals surface area (Å²) >= 11 is 6.39. The molecule has 0 radical (unpaired) electrons. The Kier molecular flexibility index (Phi) is 10.1. The van der Waals surface area contributed by atoms with Crippen molar-refractivity contribution in [2.45, 2.75) is 25.5 Å². The average molecular weight is 620 g/mol. The van der Waals surface area contributed by atoms with Crippen molar-refractivity contribution in [3.8, 4) is 17.4 Å². The summed E-state index contributed by atoms with van der Waals surface area (Å²) in [4.78, 5) is 43.0. The van der Waals surface area contributed by atoms with Gasteiger partial charge >= 0.3 is 6.09 Å². The number of methoxy groups -OCH3 is 2. The van der Waals surface area contributed by atoms with Gasteiger partial charge in [-0.25, -0.2) is 14.8 Å². The van der Waals surface area contributed by atoms with E-state index >= 15 is 0 Å². The summed E-state index contributed by atoms with van der Waals surface area (Å²) in [5.74, 6) is 2.02. The lowest BCUT2D eigenvalue weighted by atomic mass is 10.1. The summed E-state index contributed by atoms with van der Waals surface area (Å²) in [7, 11) is 3.17. The summed E-state index contributed by atoms with van der Waals surface area (Å²) in [5, 5.41) is 3.26. The van der Waals surface area contributed by atoms with E-state index in [9.17, 15) is 9.59 Å². The van der Waals surface area contributed by atoms with Crippen LogP contribution < -0.4 is 19.7 Å². The fraction of sp³-hybridized carbons (Fsp3) is 0.323. The van der Waals surface area contributed by atoms with Gasteiger partial charge in [0, 0.05) is 51.1 Å². The number of carbonyl (C=O) groups is 2. The minimum absolute atomic E-state index is 0.121. The first-order valence-electron chi connectivity index (χ1n) is 14.2. The van der Waals surface area contributed by atoms with Gasteiger partial charge in [0.1, 0.15) is 23.9 Å². The minimum Gasteiger partial charge on any atom is -0.493 e. The second kappa shape index (κ2) is 14.6. The minimum atomic E-state index is -0.438. The van der Waals surface area contributed by atoms with Gasteiger partial charge in [-0.1, -0.05) is 48.0 Å². The van der Waals surface area contributed by atoms with Crippen molar-refractivity contribution in [2.75, 3.05) is 45.3 Å². The van der Waals surface area contributed by atoms with Crippen LogP contribution in [0.1, 0.15) is 17.5 Å². The predicted octanol–water partition coefficient (Wildman–Crippen LogP) is 3.91. The van der Waals surface area contributed by atoms with Gasteiger partial charge in [0.05, 0.1) is 20.3 Å². The zero-order valence-electron chi connectivity index (χ0n) is 24.6. The normalized spacial score (nSPS) is 14.7. The summed E-state index contributed by atoms with van der Waals surface area (Å²) in [5.41, 5.74) is 1.89. The second-order valence-corrected chi connectivity index (χ2v) is 10.5. The lowest BCUT2D eigenvalue weighted by Crippen LogP contribution is -2.56. The van der Waals surface area contributed by atoms with Crippen LogP contribution in [0.2, 0.25) is 5.15 Å². The van der Waals surface area contributed by atoms with E-state index in [1.54, 1.807) is 48.5 Å². The van der Waals surface area contributed by atoms with Crippen LogP contribution >= 0.6 is 11.6 Å². The molecule has 0 bridgehead atoms. The van der Waals surface area contributed by atoms with Crippen molar-refractivity contribution in [3.05, 3.63) is 89.6 Å². The number of anilines is 1. The molecule has 2 aromatic heterocycles. The lowest BCUT2D eigenvalue weighted by Gasteiger charge is -2.41. The standard InChI is InChI=1S/C31H34ClN7O5/c1-42-25-9-8-22(16-26(25)43-2)10-11-34-29(40)17-24-19-37(31(41)44-20-23-6-4-3-5-7-23)14-15-39(24)28-18-27(32)35-30(36-28)38-13-12-33-21-38/h3-9,12-13,16,18,21,24H,10-11,14-15,17,19-20H2,1-2H3,(H,34,40). The van der Waals surface area contributed by atoms with Gasteiger partial charge in [0.25, 0.3) is 0 Å². The van der Waals surface area contributed by atoms with E-state index < -0.39 is 12.1 Å². The molecule has 1 saturated heterocycles. The van der Waals surface area contributed by atoms with E-state index in [0.717, 1.165) is 11.1 Å². The highest BCUT2D eigenvalue weighted by molar-refractivity contribution is 6.29. The molecule has 1 N–H and O–H groups in total. The Labute approximate surface area is 260 Å². The molecular weight excluding hydrogens is 586 g/mol. The van der Waals surface area contributed by atoms with Crippen molar-refractivity contribution in [1.29, 1.82) is 0 Å². The fourth-order valence-electron chi connectivity index (χ4n) is 5.01. The van der Waals surface area contributed by atoms with Gasteiger partial charge in [-0.15, -0.1) is 0 Å². The number of imidazole rings is 1. The van der Waals surface area contributed by atoms with Crippen molar-refractivity contribution >= 4 is 29.4 Å². The number of amides is 2. The fourth-order valence-corrected chi connectivity index (χ4v) is 5.18. The number of halogens is 1. The number of ether oxygens (including phenoxy) is 3. The Hall–Kier alpha value is -4.84. The molecule has 4 aromatic rings. The maximum Gasteiger partial charge on any atom is 0.410 e. The first kappa shape index (κ1) is 30.6. The molecule has 5 rings (SSSR count). The molecule has 0 aliphatic carbocycles. The predicted molar refractivity (Wildman–Crippen MR) is 164 cm³/mol. The van der Waals surface area contributed by atoms with Crippen LogP contribution in [0.3, 0.4) is 0 Å². The van der Waals surface area contributed by atoms with Crippen molar-refractivity contribution in [3.63, 3.8) is 0 Å². The van der Waals surface area contributed by atoms with Gasteiger partial charge in [-0.2, -0.15) is 4.98 Å². The highest BCUT2D eigenvalue weighted by Crippen LogP contribution is 2.28. The molecule has 3 heterocycles. The number of aromatic nitrogens is 4.